The molecule has 0 aromatic carbocycles. The van der Waals surface area contributed by atoms with Crippen molar-refractivity contribution in [1.82, 2.24) is 4.90 Å². The molecule has 0 aromatic rings. The van der Waals surface area contributed by atoms with Gasteiger partial charge in [0, 0.05) is 6.54 Å². The molecule has 0 spiro atoms. The van der Waals surface area contributed by atoms with E-state index in [1.165, 1.54) is 4.90 Å². The second-order valence-electron chi connectivity index (χ2n) is 5.21. The average Bonchev–Trinajstić information content (AvgIpc) is 2.76. The van der Waals surface area contributed by atoms with Crippen molar-refractivity contribution in [3.8, 4) is 0 Å². The summed E-state index contributed by atoms with van der Waals surface area (Å²) < 4.78 is 0.455. The van der Waals surface area contributed by atoms with E-state index in [1.807, 2.05) is 19.6 Å². The number of carboxylic acid groups (broad SMARTS) is 1. The number of fused-ring (bicyclic) bond motifs is 1. The zero-order valence-electron chi connectivity index (χ0n) is 10.8. The number of hydrogen-bond donors (Lipinski definition) is 0. The Hall–Kier alpha value is -1.95. The fourth-order valence-electron chi connectivity index (χ4n) is 2.85. The highest BCUT2D eigenvalue weighted by molar-refractivity contribution is 5.83. The Balaban J connectivity index is 1.99. The van der Waals surface area contributed by atoms with E-state index >= 15 is 0 Å². The predicted octanol–water partition coefficient (Wildman–Crippen LogP) is 0.440. The molecular formula is C13H16N4O2. The lowest BCUT2D eigenvalue weighted by Gasteiger charge is -2.37. The summed E-state index contributed by atoms with van der Waals surface area (Å²) in [6, 6.07) is -0.206. The topological polar surface area (TPSA) is 68.1 Å². The largest absolute Gasteiger partial charge is 0.530 e. The first-order valence-electron chi connectivity index (χ1n) is 6.46. The van der Waals surface area contributed by atoms with Crippen molar-refractivity contribution in [2.45, 2.75) is 25.3 Å². The average molecular weight is 260 g/mol. The van der Waals surface area contributed by atoms with E-state index in [2.05, 4.69) is 9.98 Å². The molecule has 0 bridgehead atoms. The molecule has 3 aliphatic rings. The van der Waals surface area contributed by atoms with Crippen LogP contribution in [0.4, 0.5) is 4.79 Å². The minimum Gasteiger partial charge on any atom is -0.530 e. The van der Waals surface area contributed by atoms with Crippen molar-refractivity contribution >= 4 is 18.6 Å². The Morgan fingerprint density at radius 3 is 3.16 bits per heavy atom. The van der Waals surface area contributed by atoms with Crippen LogP contribution in [0, 0.1) is 0 Å². The molecular weight excluding hydrogens is 244 g/mol. The minimum absolute atomic E-state index is 0.206. The van der Waals surface area contributed by atoms with E-state index in [1.54, 1.807) is 12.4 Å². The molecule has 0 aliphatic carbocycles. The van der Waals surface area contributed by atoms with Crippen molar-refractivity contribution in [3.05, 3.63) is 23.8 Å². The van der Waals surface area contributed by atoms with Crippen molar-refractivity contribution in [1.29, 1.82) is 0 Å². The summed E-state index contributed by atoms with van der Waals surface area (Å²) in [5, 5.41) is 11.2. The molecule has 19 heavy (non-hydrogen) atoms. The van der Waals surface area contributed by atoms with Gasteiger partial charge in [0.15, 0.2) is 12.0 Å². The van der Waals surface area contributed by atoms with E-state index in [0.717, 1.165) is 30.7 Å². The third-order valence-corrected chi connectivity index (χ3v) is 3.93. The third-order valence-electron chi connectivity index (χ3n) is 3.93. The molecule has 6 nitrogen and oxygen atoms in total. The van der Waals surface area contributed by atoms with Gasteiger partial charge in [-0.2, -0.15) is 4.99 Å². The van der Waals surface area contributed by atoms with Gasteiger partial charge in [-0.25, -0.2) is 4.48 Å². The van der Waals surface area contributed by atoms with Gasteiger partial charge in [-0.05, 0) is 19.3 Å². The standard InChI is InChI=1S/C13H16N4O2/c1-17-7-5-14-8-11(17)12(15-9-17)10-4-2-3-6-16(10)13(18)19/h5,7-10H,2-4,6H2,1H3. The van der Waals surface area contributed by atoms with Gasteiger partial charge in [0.05, 0.1) is 25.5 Å². The molecule has 1 amide bonds. The first-order chi connectivity index (χ1) is 9.12. The third kappa shape index (κ3) is 1.88. The highest BCUT2D eigenvalue weighted by atomic mass is 16.4. The Kier molecular flexibility index (Phi) is 2.74. The van der Waals surface area contributed by atoms with E-state index in [4.69, 9.17) is 0 Å². The first kappa shape index (κ1) is 12.1. The van der Waals surface area contributed by atoms with Gasteiger partial charge < -0.3 is 14.8 Å². The zero-order valence-corrected chi connectivity index (χ0v) is 10.8. The van der Waals surface area contributed by atoms with Crippen molar-refractivity contribution in [3.63, 3.8) is 0 Å². The predicted molar refractivity (Wildman–Crippen MR) is 69.1 cm³/mol. The first-order valence-corrected chi connectivity index (χ1v) is 6.46. The summed E-state index contributed by atoms with van der Waals surface area (Å²) in [6.07, 6.45) is 8.82. The molecule has 0 N–H and O–H groups in total. The van der Waals surface area contributed by atoms with Crippen LogP contribution in [0.2, 0.25) is 0 Å². The number of rotatable bonds is 1. The van der Waals surface area contributed by atoms with E-state index in [0.29, 0.717) is 11.0 Å². The molecule has 3 aliphatic heterocycles. The SMILES string of the molecule is C[N+]12C=CN=CC1=C(C1CCCCN1C(=O)[O-])N=C2. The number of likely N-dealkylation sites (tertiary alicyclic amines) is 1. The quantitative estimate of drug-likeness (QED) is 0.642. The van der Waals surface area contributed by atoms with Crippen LogP contribution >= 0.6 is 0 Å². The van der Waals surface area contributed by atoms with Crippen molar-refractivity contribution < 1.29 is 14.4 Å². The number of nitrogens with zero attached hydrogens (tertiary/aromatic N) is 4. The van der Waals surface area contributed by atoms with E-state index in [9.17, 15) is 9.90 Å². The van der Waals surface area contributed by atoms with Crippen LogP contribution in [0.3, 0.4) is 0 Å². The van der Waals surface area contributed by atoms with Crippen LogP contribution in [-0.4, -0.2) is 47.7 Å². The molecule has 0 radical (unpaired) electrons. The van der Waals surface area contributed by atoms with Gasteiger partial charge in [0.2, 0.25) is 0 Å². The Morgan fingerprint density at radius 2 is 2.37 bits per heavy atom. The van der Waals surface area contributed by atoms with Crippen LogP contribution in [0.25, 0.3) is 0 Å². The Morgan fingerprint density at radius 1 is 1.53 bits per heavy atom. The normalized spacial score (nSPS) is 32.9. The fraction of sp³-hybridized carbons (Fsp3) is 0.462. The van der Waals surface area contributed by atoms with Gasteiger partial charge in [-0.15, -0.1) is 0 Å². The molecule has 100 valence electrons. The van der Waals surface area contributed by atoms with Crippen molar-refractivity contribution in [2.75, 3.05) is 13.6 Å². The Bertz CT molecular complexity index is 535. The maximum atomic E-state index is 11.2. The van der Waals surface area contributed by atoms with E-state index < -0.39 is 6.09 Å². The molecule has 1 fully saturated rings. The molecule has 0 aromatic heterocycles. The summed E-state index contributed by atoms with van der Waals surface area (Å²) in [7, 11) is 2.00. The fourth-order valence-corrected chi connectivity index (χ4v) is 2.85. The van der Waals surface area contributed by atoms with Crippen LogP contribution in [0.5, 0.6) is 0 Å². The molecule has 3 rings (SSSR count). The van der Waals surface area contributed by atoms with Crippen LogP contribution in [0.15, 0.2) is 33.8 Å². The number of aliphatic imine (C=N–C) groups is 2. The van der Waals surface area contributed by atoms with Crippen LogP contribution < -0.4 is 5.11 Å². The molecule has 2 unspecified atom stereocenters. The number of piperidine rings is 1. The van der Waals surface area contributed by atoms with Crippen molar-refractivity contribution in [2.24, 2.45) is 9.98 Å². The van der Waals surface area contributed by atoms with E-state index in [-0.39, 0.29) is 6.04 Å². The Labute approximate surface area is 111 Å². The number of carbonyl (C=O) groups is 1. The lowest BCUT2D eigenvalue weighted by molar-refractivity contribution is -0.706. The number of carbonyl (C=O) groups excluding carboxylic acids is 1. The van der Waals surface area contributed by atoms with Gasteiger partial charge in [0.25, 0.3) is 0 Å². The zero-order chi connectivity index (χ0) is 13.5. The molecule has 0 saturated carbocycles. The second kappa shape index (κ2) is 4.31. The summed E-state index contributed by atoms with van der Waals surface area (Å²) in [5.74, 6) is 0. The number of amides is 1. The van der Waals surface area contributed by atoms with Crippen LogP contribution in [0.1, 0.15) is 19.3 Å². The molecule has 3 heterocycles. The van der Waals surface area contributed by atoms with Gasteiger partial charge >= 0.3 is 0 Å². The summed E-state index contributed by atoms with van der Waals surface area (Å²) in [5.41, 5.74) is 1.75. The second-order valence-corrected chi connectivity index (χ2v) is 5.21. The number of allylic oxidation sites excluding steroid dienone is 1. The summed E-state index contributed by atoms with van der Waals surface area (Å²) >= 11 is 0. The minimum atomic E-state index is -1.11. The maximum Gasteiger partial charge on any atom is 0.200 e. The maximum absolute atomic E-state index is 11.2. The van der Waals surface area contributed by atoms with Gasteiger partial charge in [-0.1, -0.05) is 0 Å². The lowest BCUT2D eigenvalue weighted by atomic mass is 9.98. The molecule has 2 atom stereocenters. The monoisotopic (exact) mass is 260 g/mol. The highest BCUT2D eigenvalue weighted by Gasteiger charge is 2.39. The molecule has 6 heteroatoms. The number of hydrogen-bond acceptors (Lipinski definition) is 4. The van der Waals surface area contributed by atoms with Crippen LogP contribution in [-0.2, 0) is 0 Å². The molecule has 1 saturated heterocycles. The lowest BCUT2D eigenvalue weighted by Crippen LogP contribution is -2.50. The van der Waals surface area contributed by atoms with Gasteiger partial charge in [0.1, 0.15) is 18.0 Å². The smallest absolute Gasteiger partial charge is 0.200 e. The number of quaternary nitrogens is 1. The summed E-state index contributed by atoms with van der Waals surface area (Å²) in [4.78, 5) is 21.2. The van der Waals surface area contributed by atoms with Gasteiger partial charge in [-0.3, -0.25) is 4.99 Å². The summed E-state index contributed by atoms with van der Waals surface area (Å²) in [6.45, 7) is 0.524. The highest BCUT2D eigenvalue weighted by Crippen LogP contribution is 2.33.